The van der Waals surface area contributed by atoms with Crippen molar-refractivity contribution in [2.75, 3.05) is 6.61 Å². The van der Waals surface area contributed by atoms with E-state index in [1.54, 1.807) is 0 Å². The largest absolute Gasteiger partial charge is 0.394 e. The van der Waals surface area contributed by atoms with Crippen LogP contribution in [0.15, 0.2) is 0 Å². The number of ether oxygens (including phenoxy) is 3. The highest BCUT2D eigenvalue weighted by Gasteiger charge is 2.85. The fourth-order valence-electron chi connectivity index (χ4n) is 13.7. The average Bonchev–Trinajstić information content (AvgIpc) is 3.31. The van der Waals surface area contributed by atoms with Gasteiger partial charge in [-0.1, -0.05) is 27.7 Å². The summed E-state index contributed by atoms with van der Waals surface area (Å²) in [6.07, 6.45) is -0.708. The number of aliphatic hydroxyl groups excluding tert-OH is 6. The van der Waals surface area contributed by atoms with Crippen molar-refractivity contribution < 1.29 is 50.0 Å². The number of fused-ring (bicyclic) bond motifs is 2. The molecule has 2 aliphatic heterocycles. The van der Waals surface area contributed by atoms with Crippen molar-refractivity contribution in [3.8, 4) is 0 Å². The Balaban J connectivity index is 1.15. The van der Waals surface area contributed by atoms with Crippen LogP contribution in [0.5, 0.6) is 0 Å². The summed E-state index contributed by atoms with van der Waals surface area (Å²) in [5, 5.41) is 75.9. The van der Waals surface area contributed by atoms with E-state index in [1.165, 1.54) is 0 Å². The Morgan fingerprint density at radius 3 is 2.11 bits per heavy atom. The van der Waals surface area contributed by atoms with Crippen molar-refractivity contribution in [1.29, 1.82) is 0 Å². The molecule has 0 radical (unpaired) electrons. The van der Waals surface area contributed by atoms with Gasteiger partial charge in [0, 0.05) is 5.92 Å². The molecule has 10 nitrogen and oxygen atoms in total. The Morgan fingerprint density at radius 1 is 0.783 bits per heavy atom. The molecule has 7 aliphatic rings. The standard InChI is InChI=1S/C36H60O10/c1-30(2)22(45-29-26(42)25(41)24(40)20(16-37)44-29)9-11-36-17-35(36)13-12-32(5)28(34(7)10-8-23(46-34)31(3,4)43)19(39)15-33(32,6)21(35)14-18(38)27(30)36/h18-29,37-43H,8-17H2,1-7H3. The highest BCUT2D eigenvalue weighted by atomic mass is 16.7. The van der Waals surface area contributed by atoms with Crippen molar-refractivity contribution in [2.24, 2.45) is 44.8 Å². The zero-order valence-electron chi connectivity index (χ0n) is 28.9. The lowest BCUT2D eigenvalue weighted by molar-refractivity contribution is -0.329. The minimum atomic E-state index is -1.50. The molecule has 0 aromatic rings. The van der Waals surface area contributed by atoms with Gasteiger partial charge in [0.25, 0.3) is 0 Å². The molecule has 264 valence electrons. The molecule has 7 N–H and O–H groups in total. The predicted molar refractivity (Wildman–Crippen MR) is 167 cm³/mol. The van der Waals surface area contributed by atoms with Crippen LogP contribution in [0, 0.1) is 44.8 Å². The Bertz CT molecular complexity index is 1200. The molecule has 0 aromatic heterocycles. The molecule has 7 rings (SSSR count). The van der Waals surface area contributed by atoms with E-state index < -0.39 is 66.1 Å². The van der Waals surface area contributed by atoms with E-state index in [2.05, 4.69) is 34.6 Å². The van der Waals surface area contributed by atoms with Crippen LogP contribution in [-0.4, -0.2) is 109 Å². The molecule has 17 atom stereocenters. The summed E-state index contributed by atoms with van der Waals surface area (Å²) in [5.41, 5.74) is -2.26. The lowest BCUT2D eigenvalue weighted by Gasteiger charge is -2.64. The quantitative estimate of drug-likeness (QED) is 0.219. The predicted octanol–water partition coefficient (Wildman–Crippen LogP) is 2.26. The minimum absolute atomic E-state index is 0.0295. The lowest BCUT2D eigenvalue weighted by atomic mass is 9.41. The van der Waals surface area contributed by atoms with Crippen LogP contribution < -0.4 is 0 Å². The first-order valence-corrected chi connectivity index (χ1v) is 17.9. The molecule has 7 fully saturated rings. The smallest absolute Gasteiger partial charge is 0.186 e. The molecule has 2 heterocycles. The van der Waals surface area contributed by atoms with E-state index >= 15 is 0 Å². The van der Waals surface area contributed by atoms with Gasteiger partial charge in [-0.3, -0.25) is 0 Å². The second kappa shape index (κ2) is 10.3. The Hall–Kier alpha value is -0.400. The number of hydrogen-bond donors (Lipinski definition) is 7. The summed E-state index contributed by atoms with van der Waals surface area (Å²) in [6.45, 7) is 14.3. The lowest BCUT2D eigenvalue weighted by Crippen LogP contribution is -2.64. The van der Waals surface area contributed by atoms with E-state index in [4.69, 9.17) is 14.2 Å². The van der Waals surface area contributed by atoms with Gasteiger partial charge < -0.3 is 50.0 Å². The molecule has 5 aliphatic carbocycles. The summed E-state index contributed by atoms with van der Waals surface area (Å²) in [5.74, 6) is 0.176. The maximum atomic E-state index is 12.2. The van der Waals surface area contributed by atoms with Crippen LogP contribution in [0.4, 0.5) is 0 Å². The Labute approximate surface area is 273 Å². The van der Waals surface area contributed by atoms with Crippen molar-refractivity contribution in [3.05, 3.63) is 0 Å². The van der Waals surface area contributed by atoms with Gasteiger partial charge in [-0.25, -0.2) is 0 Å². The molecule has 2 saturated heterocycles. The molecule has 0 amide bonds. The molecule has 2 spiro atoms. The Kier molecular flexibility index (Phi) is 7.65. The third-order valence-corrected chi connectivity index (χ3v) is 15.9. The molecule has 5 saturated carbocycles. The van der Waals surface area contributed by atoms with Crippen LogP contribution in [-0.2, 0) is 14.2 Å². The van der Waals surface area contributed by atoms with Crippen molar-refractivity contribution in [3.63, 3.8) is 0 Å². The van der Waals surface area contributed by atoms with Gasteiger partial charge in [0.2, 0.25) is 0 Å². The topological polar surface area (TPSA) is 169 Å². The third-order valence-electron chi connectivity index (χ3n) is 15.9. The maximum absolute atomic E-state index is 12.2. The highest BCUT2D eigenvalue weighted by Crippen LogP contribution is 2.89. The molecule has 10 heteroatoms. The second-order valence-electron chi connectivity index (χ2n) is 18.7. The van der Waals surface area contributed by atoms with Gasteiger partial charge in [-0.2, -0.15) is 0 Å². The van der Waals surface area contributed by atoms with E-state index in [9.17, 15) is 35.7 Å². The third kappa shape index (κ3) is 4.24. The maximum Gasteiger partial charge on any atom is 0.186 e. The number of aliphatic hydroxyl groups is 7. The van der Waals surface area contributed by atoms with Crippen LogP contribution in [0.2, 0.25) is 0 Å². The normalized spacial score (nSPS) is 59.3. The first-order chi connectivity index (χ1) is 21.2. The number of rotatable bonds is 5. The molecule has 0 bridgehead atoms. The summed E-state index contributed by atoms with van der Waals surface area (Å²) in [4.78, 5) is 0. The molecule has 0 aromatic carbocycles. The van der Waals surface area contributed by atoms with Crippen molar-refractivity contribution >= 4 is 0 Å². The fraction of sp³-hybridized carbons (Fsp3) is 1.00. The van der Waals surface area contributed by atoms with Gasteiger partial charge in [0.1, 0.15) is 24.4 Å². The molecule has 46 heavy (non-hydrogen) atoms. The Morgan fingerprint density at radius 2 is 1.48 bits per heavy atom. The summed E-state index contributed by atoms with van der Waals surface area (Å²) >= 11 is 0. The van der Waals surface area contributed by atoms with Crippen LogP contribution in [0.25, 0.3) is 0 Å². The highest BCUT2D eigenvalue weighted by molar-refractivity contribution is 5.33. The second-order valence-corrected chi connectivity index (χ2v) is 18.7. The van der Waals surface area contributed by atoms with Gasteiger partial charge in [0.15, 0.2) is 6.29 Å². The van der Waals surface area contributed by atoms with Crippen LogP contribution in [0.1, 0.15) is 106 Å². The number of hydrogen-bond acceptors (Lipinski definition) is 10. The first-order valence-electron chi connectivity index (χ1n) is 17.9. The van der Waals surface area contributed by atoms with E-state index in [0.29, 0.717) is 19.3 Å². The van der Waals surface area contributed by atoms with Crippen LogP contribution in [0.3, 0.4) is 0 Å². The van der Waals surface area contributed by atoms with E-state index in [1.807, 2.05) is 13.8 Å². The monoisotopic (exact) mass is 652 g/mol. The van der Waals surface area contributed by atoms with Crippen molar-refractivity contribution in [2.45, 2.75) is 173 Å². The molecular weight excluding hydrogens is 592 g/mol. The minimum Gasteiger partial charge on any atom is -0.394 e. The average molecular weight is 653 g/mol. The molecular formula is C36H60O10. The van der Waals surface area contributed by atoms with E-state index in [0.717, 1.165) is 38.5 Å². The first kappa shape index (κ1) is 34.1. The zero-order valence-corrected chi connectivity index (χ0v) is 28.9. The summed E-state index contributed by atoms with van der Waals surface area (Å²) in [6, 6.07) is 0. The SMILES string of the molecule is CC(C)(O)C1CCC(C)(C2C(O)CC3(C)C4CC(O)C5C(C)(C)C(OC6OC(CO)C(O)C(O)C6O)CCC56CC46CCC23C)O1. The fourth-order valence-corrected chi connectivity index (χ4v) is 13.7. The van der Waals surface area contributed by atoms with Crippen LogP contribution >= 0.6 is 0 Å². The van der Waals surface area contributed by atoms with Gasteiger partial charge >= 0.3 is 0 Å². The van der Waals surface area contributed by atoms with Gasteiger partial charge in [-0.15, -0.1) is 0 Å². The molecule has 17 unspecified atom stereocenters. The van der Waals surface area contributed by atoms with Crippen molar-refractivity contribution in [1.82, 2.24) is 0 Å². The summed E-state index contributed by atoms with van der Waals surface area (Å²) < 4.78 is 18.8. The van der Waals surface area contributed by atoms with E-state index in [-0.39, 0.29) is 51.6 Å². The zero-order chi connectivity index (χ0) is 33.6. The summed E-state index contributed by atoms with van der Waals surface area (Å²) in [7, 11) is 0. The van der Waals surface area contributed by atoms with Gasteiger partial charge in [-0.05, 0) is 117 Å². The van der Waals surface area contributed by atoms with Gasteiger partial charge in [0.05, 0.1) is 42.2 Å².